The normalized spacial score (nSPS) is 11.2. The number of rotatable bonds is 2. The molecule has 0 amide bonds. The largest absolute Gasteiger partial charge is 0.342 e. The summed E-state index contributed by atoms with van der Waals surface area (Å²) in [6.07, 6.45) is 3.81. The summed E-state index contributed by atoms with van der Waals surface area (Å²) in [7, 11) is 0. The van der Waals surface area contributed by atoms with E-state index in [2.05, 4.69) is 48.5 Å². The van der Waals surface area contributed by atoms with Crippen molar-refractivity contribution in [2.45, 2.75) is 6.92 Å². The molecule has 0 saturated carbocycles. The molecule has 5 heteroatoms. The maximum Gasteiger partial charge on any atom is 0.145 e. The number of H-pyrrole nitrogens is 1. The molecule has 0 aliphatic rings. The van der Waals surface area contributed by atoms with Crippen molar-refractivity contribution in [2.75, 3.05) is 0 Å². The van der Waals surface area contributed by atoms with Crippen LogP contribution in [-0.2, 0) is 0 Å². The topological polar surface area (TPSA) is 46.5 Å². The lowest BCUT2D eigenvalue weighted by molar-refractivity contribution is 1.07. The Balaban J connectivity index is 1.89. The first kappa shape index (κ1) is 11.4. The Hall–Kier alpha value is -2.40. The summed E-state index contributed by atoms with van der Waals surface area (Å²) in [5.74, 6) is 1.89. The van der Waals surface area contributed by atoms with Gasteiger partial charge in [-0.3, -0.25) is 4.57 Å². The van der Waals surface area contributed by atoms with Crippen molar-refractivity contribution in [2.24, 2.45) is 0 Å². The first-order valence-corrected chi connectivity index (χ1v) is 7.28. The molecule has 1 aromatic carbocycles. The van der Waals surface area contributed by atoms with Crippen LogP contribution in [0.3, 0.4) is 0 Å². The zero-order chi connectivity index (χ0) is 13.5. The third-order valence-corrected chi connectivity index (χ3v) is 3.97. The molecule has 0 aliphatic heterocycles. The molecule has 0 unspecified atom stereocenters. The summed E-state index contributed by atoms with van der Waals surface area (Å²) < 4.78 is 2.09. The molecule has 0 radical (unpaired) electrons. The Morgan fingerprint density at radius 3 is 3.05 bits per heavy atom. The first-order chi connectivity index (χ1) is 9.81. The summed E-state index contributed by atoms with van der Waals surface area (Å²) in [5.41, 5.74) is 4.26. The minimum Gasteiger partial charge on any atom is -0.342 e. The number of aromatic amines is 1. The van der Waals surface area contributed by atoms with Gasteiger partial charge >= 0.3 is 0 Å². The molecule has 4 rings (SSSR count). The smallest absolute Gasteiger partial charge is 0.145 e. The van der Waals surface area contributed by atoms with E-state index in [1.165, 1.54) is 0 Å². The lowest BCUT2D eigenvalue weighted by Crippen LogP contribution is -1.95. The van der Waals surface area contributed by atoms with E-state index >= 15 is 0 Å². The number of nitrogens with zero attached hydrogens (tertiary/aromatic N) is 3. The van der Waals surface area contributed by atoms with E-state index in [0.29, 0.717) is 0 Å². The van der Waals surface area contributed by atoms with Gasteiger partial charge in [-0.15, -0.1) is 0 Å². The van der Waals surface area contributed by atoms with Gasteiger partial charge < -0.3 is 4.98 Å². The van der Waals surface area contributed by atoms with Gasteiger partial charge in [-0.05, 0) is 36.6 Å². The van der Waals surface area contributed by atoms with E-state index in [0.717, 1.165) is 33.9 Å². The number of hydrogen-bond donors (Lipinski definition) is 1. The minimum absolute atomic E-state index is 0.931. The Bertz CT molecular complexity index is 870. The highest BCUT2D eigenvalue weighted by Crippen LogP contribution is 2.25. The van der Waals surface area contributed by atoms with Gasteiger partial charge in [-0.1, -0.05) is 0 Å². The number of hydrogen-bond acceptors (Lipinski definition) is 3. The number of benzene rings is 1. The molecule has 1 N–H and O–H groups in total. The fourth-order valence-electron chi connectivity index (χ4n) is 2.39. The number of fused-ring (bicyclic) bond motifs is 1. The monoisotopic (exact) mass is 280 g/mol. The highest BCUT2D eigenvalue weighted by atomic mass is 32.1. The number of aromatic nitrogens is 4. The predicted molar refractivity (Wildman–Crippen MR) is 81.3 cm³/mol. The van der Waals surface area contributed by atoms with Crippen LogP contribution in [-0.4, -0.2) is 19.5 Å². The summed E-state index contributed by atoms with van der Waals surface area (Å²) in [4.78, 5) is 12.2. The van der Waals surface area contributed by atoms with Crippen molar-refractivity contribution < 1.29 is 0 Å². The van der Waals surface area contributed by atoms with Crippen LogP contribution >= 0.6 is 11.3 Å². The Morgan fingerprint density at radius 1 is 1.25 bits per heavy atom. The SMILES string of the molecule is Cc1nc2ccc(-n3ccnc3-c3ccsc3)cc2[nH]1. The van der Waals surface area contributed by atoms with Crippen molar-refractivity contribution in [1.29, 1.82) is 0 Å². The number of nitrogens with one attached hydrogen (secondary N) is 1. The van der Waals surface area contributed by atoms with Gasteiger partial charge in [0.25, 0.3) is 0 Å². The van der Waals surface area contributed by atoms with Crippen LogP contribution in [0.2, 0.25) is 0 Å². The molecule has 0 saturated heterocycles. The summed E-state index contributed by atoms with van der Waals surface area (Å²) in [6.45, 7) is 1.97. The van der Waals surface area contributed by atoms with E-state index in [-0.39, 0.29) is 0 Å². The molecule has 0 bridgehead atoms. The molecule has 0 atom stereocenters. The second-order valence-electron chi connectivity index (χ2n) is 4.66. The maximum absolute atomic E-state index is 4.46. The molecule has 20 heavy (non-hydrogen) atoms. The van der Waals surface area contributed by atoms with Gasteiger partial charge in [-0.25, -0.2) is 9.97 Å². The summed E-state index contributed by atoms with van der Waals surface area (Å²) in [5, 5.41) is 4.17. The molecule has 4 aromatic rings. The molecule has 98 valence electrons. The summed E-state index contributed by atoms with van der Waals surface area (Å²) >= 11 is 1.68. The third-order valence-electron chi connectivity index (χ3n) is 3.28. The minimum atomic E-state index is 0.931. The van der Waals surface area contributed by atoms with Crippen LogP contribution in [0.25, 0.3) is 28.1 Å². The predicted octanol–water partition coefficient (Wildman–Crippen LogP) is 3.79. The average molecular weight is 280 g/mol. The molecule has 3 heterocycles. The van der Waals surface area contributed by atoms with Crippen molar-refractivity contribution >= 4 is 22.4 Å². The van der Waals surface area contributed by atoms with Crippen LogP contribution in [0, 0.1) is 6.92 Å². The molecule has 3 aromatic heterocycles. The lowest BCUT2D eigenvalue weighted by Gasteiger charge is -2.06. The van der Waals surface area contributed by atoms with Crippen molar-refractivity contribution in [3.8, 4) is 17.1 Å². The van der Waals surface area contributed by atoms with E-state index < -0.39 is 0 Å². The quantitative estimate of drug-likeness (QED) is 0.607. The standard InChI is InChI=1S/C15H12N4S/c1-10-17-13-3-2-12(8-14(13)18-10)19-6-5-16-15(19)11-4-7-20-9-11/h2-9H,1H3,(H,17,18). The Kier molecular flexibility index (Phi) is 2.47. The number of aryl methyl sites for hydroxylation is 1. The third kappa shape index (κ3) is 1.75. The van der Waals surface area contributed by atoms with Crippen LogP contribution in [0.1, 0.15) is 5.82 Å². The molecule has 0 fully saturated rings. The van der Waals surface area contributed by atoms with Gasteiger partial charge in [-0.2, -0.15) is 11.3 Å². The van der Waals surface area contributed by atoms with Crippen LogP contribution in [0.4, 0.5) is 0 Å². The molecule has 0 spiro atoms. The zero-order valence-electron chi connectivity index (χ0n) is 10.9. The van der Waals surface area contributed by atoms with Crippen molar-refractivity contribution in [3.05, 3.63) is 53.2 Å². The zero-order valence-corrected chi connectivity index (χ0v) is 11.7. The second kappa shape index (κ2) is 4.31. The highest BCUT2D eigenvalue weighted by Gasteiger charge is 2.09. The molecule has 0 aliphatic carbocycles. The molecular weight excluding hydrogens is 268 g/mol. The highest BCUT2D eigenvalue weighted by molar-refractivity contribution is 7.08. The van der Waals surface area contributed by atoms with Gasteiger partial charge in [0.05, 0.1) is 11.0 Å². The number of thiophene rings is 1. The van der Waals surface area contributed by atoms with E-state index in [1.54, 1.807) is 11.3 Å². The Morgan fingerprint density at radius 2 is 2.20 bits per heavy atom. The van der Waals surface area contributed by atoms with E-state index in [1.807, 2.05) is 25.4 Å². The lowest BCUT2D eigenvalue weighted by atomic mass is 10.2. The fourth-order valence-corrected chi connectivity index (χ4v) is 3.03. The van der Waals surface area contributed by atoms with Crippen LogP contribution < -0.4 is 0 Å². The Labute approximate surface area is 119 Å². The van der Waals surface area contributed by atoms with Crippen molar-refractivity contribution in [3.63, 3.8) is 0 Å². The van der Waals surface area contributed by atoms with Gasteiger partial charge in [0.15, 0.2) is 0 Å². The fraction of sp³-hybridized carbons (Fsp3) is 0.0667. The first-order valence-electron chi connectivity index (χ1n) is 6.34. The van der Waals surface area contributed by atoms with Crippen molar-refractivity contribution in [1.82, 2.24) is 19.5 Å². The summed E-state index contributed by atoms with van der Waals surface area (Å²) in [6, 6.07) is 8.29. The molecular formula is C15H12N4S. The molecule has 4 nitrogen and oxygen atoms in total. The average Bonchev–Trinajstić information content (AvgIpc) is 3.16. The number of imidazole rings is 2. The van der Waals surface area contributed by atoms with Crippen LogP contribution in [0.5, 0.6) is 0 Å². The second-order valence-corrected chi connectivity index (χ2v) is 5.44. The van der Waals surface area contributed by atoms with Gasteiger partial charge in [0.1, 0.15) is 11.6 Å². The maximum atomic E-state index is 4.46. The van der Waals surface area contributed by atoms with Gasteiger partial charge in [0, 0.05) is 29.0 Å². The van der Waals surface area contributed by atoms with Gasteiger partial charge in [0.2, 0.25) is 0 Å². The van der Waals surface area contributed by atoms with E-state index in [9.17, 15) is 0 Å². The van der Waals surface area contributed by atoms with Crippen LogP contribution in [0.15, 0.2) is 47.4 Å². The van der Waals surface area contributed by atoms with E-state index in [4.69, 9.17) is 0 Å².